The van der Waals surface area contributed by atoms with E-state index in [9.17, 15) is 22.8 Å². The van der Waals surface area contributed by atoms with Crippen molar-refractivity contribution in [2.45, 2.75) is 20.0 Å². The monoisotopic (exact) mass is 290 g/mol. The van der Waals surface area contributed by atoms with E-state index in [0.717, 1.165) is 12.1 Å². The van der Waals surface area contributed by atoms with Crippen LogP contribution in [0.5, 0.6) is 0 Å². The van der Waals surface area contributed by atoms with Crippen LogP contribution in [-0.4, -0.2) is 25.2 Å². The lowest BCUT2D eigenvalue weighted by molar-refractivity contribution is -0.137. The Morgan fingerprint density at radius 2 is 1.50 bits per heavy atom. The van der Waals surface area contributed by atoms with Gasteiger partial charge in [-0.25, -0.2) is 9.59 Å². The van der Waals surface area contributed by atoms with Crippen molar-refractivity contribution < 1.29 is 32.2 Å². The van der Waals surface area contributed by atoms with E-state index in [4.69, 9.17) is 4.74 Å². The lowest BCUT2D eigenvalue weighted by Gasteiger charge is -2.12. The van der Waals surface area contributed by atoms with Crippen molar-refractivity contribution in [1.82, 2.24) is 0 Å². The van der Waals surface area contributed by atoms with E-state index in [2.05, 4.69) is 4.74 Å². The number of rotatable bonds is 4. The van der Waals surface area contributed by atoms with Gasteiger partial charge in [0.05, 0.1) is 29.9 Å². The molecule has 0 spiro atoms. The summed E-state index contributed by atoms with van der Waals surface area (Å²) >= 11 is 0. The normalized spacial score (nSPS) is 11.1. The smallest absolute Gasteiger partial charge is 0.416 e. The maximum absolute atomic E-state index is 12.6. The average Bonchev–Trinajstić information content (AvgIpc) is 2.37. The van der Waals surface area contributed by atoms with E-state index in [1.807, 2.05) is 0 Å². The summed E-state index contributed by atoms with van der Waals surface area (Å²) in [6, 6.07) is 2.21. The Labute approximate surface area is 113 Å². The molecule has 0 aliphatic rings. The SMILES string of the molecule is CCOC(=O)c1ccc(C(F)(F)F)cc1C(=O)OCC. The molecular formula is C13H13F3O4. The number of hydrogen-bond acceptors (Lipinski definition) is 4. The maximum Gasteiger partial charge on any atom is 0.416 e. The third-order valence-electron chi connectivity index (χ3n) is 2.34. The number of ether oxygens (including phenoxy) is 2. The summed E-state index contributed by atoms with van der Waals surface area (Å²) in [6.07, 6.45) is -4.62. The number of hydrogen-bond donors (Lipinski definition) is 0. The highest BCUT2D eigenvalue weighted by atomic mass is 19.4. The Kier molecular flexibility index (Phi) is 5.12. The first-order valence-corrected chi connectivity index (χ1v) is 5.86. The molecule has 0 radical (unpaired) electrons. The summed E-state index contributed by atoms with van der Waals surface area (Å²) in [5.74, 6) is -1.87. The second-order valence-electron chi connectivity index (χ2n) is 3.70. The standard InChI is InChI=1S/C13H13F3O4/c1-3-19-11(17)9-6-5-8(13(14,15)16)7-10(9)12(18)20-4-2/h5-7H,3-4H2,1-2H3. The molecule has 1 aromatic rings. The Balaban J connectivity index is 3.30. The zero-order valence-corrected chi connectivity index (χ0v) is 10.9. The Morgan fingerprint density at radius 1 is 1.00 bits per heavy atom. The molecule has 0 saturated carbocycles. The molecule has 0 amide bonds. The van der Waals surface area contributed by atoms with Crippen molar-refractivity contribution in [2.24, 2.45) is 0 Å². The molecule has 1 rings (SSSR count). The summed E-state index contributed by atoms with van der Waals surface area (Å²) < 4.78 is 47.2. The first-order chi connectivity index (χ1) is 9.31. The van der Waals surface area contributed by atoms with Crippen LogP contribution in [0.1, 0.15) is 40.1 Å². The fourth-order valence-electron chi connectivity index (χ4n) is 1.49. The highest BCUT2D eigenvalue weighted by Crippen LogP contribution is 2.31. The van der Waals surface area contributed by atoms with Gasteiger partial charge in [0.1, 0.15) is 0 Å². The average molecular weight is 290 g/mol. The van der Waals surface area contributed by atoms with Crippen molar-refractivity contribution in [2.75, 3.05) is 13.2 Å². The second-order valence-corrected chi connectivity index (χ2v) is 3.70. The van der Waals surface area contributed by atoms with Gasteiger partial charge in [0.2, 0.25) is 0 Å². The molecular weight excluding hydrogens is 277 g/mol. The van der Waals surface area contributed by atoms with Gasteiger partial charge < -0.3 is 9.47 Å². The van der Waals surface area contributed by atoms with Crippen LogP contribution < -0.4 is 0 Å². The summed E-state index contributed by atoms with van der Waals surface area (Å²) in [7, 11) is 0. The summed E-state index contributed by atoms with van der Waals surface area (Å²) in [5.41, 5.74) is -1.74. The van der Waals surface area contributed by atoms with Crippen LogP contribution in [0.25, 0.3) is 0 Å². The molecule has 7 heteroatoms. The number of alkyl halides is 3. The minimum Gasteiger partial charge on any atom is -0.462 e. The lowest BCUT2D eigenvalue weighted by atomic mass is 10.0. The first-order valence-electron chi connectivity index (χ1n) is 5.86. The number of benzene rings is 1. The van der Waals surface area contributed by atoms with E-state index in [0.29, 0.717) is 6.07 Å². The Bertz CT molecular complexity index is 509. The van der Waals surface area contributed by atoms with Gasteiger partial charge in [0, 0.05) is 0 Å². The number of carbonyl (C=O) groups excluding carboxylic acids is 2. The van der Waals surface area contributed by atoms with Crippen molar-refractivity contribution in [3.8, 4) is 0 Å². The largest absolute Gasteiger partial charge is 0.462 e. The molecule has 0 fully saturated rings. The molecule has 0 heterocycles. The molecule has 20 heavy (non-hydrogen) atoms. The van der Waals surface area contributed by atoms with E-state index in [-0.39, 0.29) is 18.8 Å². The van der Waals surface area contributed by atoms with Crippen molar-refractivity contribution >= 4 is 11.9 Å². The molecule has 0 N–H and O–H groups in total. The third-order valence-corrected chi connectivity index (χ3v) is 2.34. The molecule has 0 saturated heterocycles. The minimum atomic E-state index is -4.62. The first kappa shape index (κ1) is 16.0. The van der Waals surface area contributed by atoms with Gasteiger partial charge in [-0.05, 0) is 32.0 Å². The maximum atomic E-state index is 12.6. The predicted octanol–water partition coefficient (Wildman–Crippen LogP) is 3.06. The minimum absolute atomic E-state index is 0.0165. The molecule has 0 aliphatic heterocycles. The lowest BCUT2D eigenvalue weighted by Crippen LogP contribution is -2.16. The molecule has 0 atom stereocenters. The highest BCUT2D eigenvalue weighted by molar-refractivity contribution is 6.03. The zero-order valence-electron chi connectivity index (χ0n) is 10.9. The molecule has 0 aromatic heterocycles. The van der Waals surface area contributed by atoms with E-state index >= 15 is 0 Å². The van der Waals surface area contributed by atoms with Crippen LogP contribution in [0.2, 0.25) is 0 Å². The van der Waals surface area contributed by atoms with Crippen LogP contribution in [0, 0.1) is 0 Å². The van der Waals surface area contributed by atoms with Crippen LogP contribution in [0.4, 0.5) is 13.2 Å². The van der Waals surface area contributed by atoms with Gasteiger partial charge in [0.25, 0.3) is 0 Å². The topological polar surface area (TPSA) is 52.6 Å². The molecule has 0 unspecified atom stereocenters. The fraction of sp³-hybridized carbons (Fsp3) is 0.385. The summed E-state index contributed by atoms with van der Waals surface area (Å²) in [6.45, 7) is 3.08. The van der Waals surface area contributed by atoms with Crippen LogP contribution in [0.15, 0.2) is 18.2 Å². The fourth-order valence-corrected chi connectivity index (χ4v) is 1.49. The number of esters is 2. The van der Waals surface area contributed by atoms with Gasteiger partial charge in [-0.1, -0.05) is 0 Å². The van der Waals surface area contributed by atoms with E-state index in [1.165, 1.54) is 6.92 Å². The van der Waals surface area contributed by atoms with Gasteiger partial charge in [-0.15, -0.1) is 0 Å². The molecule has 0 aliphatic carbocycles. The highest BCUT2D eigenvalue weighted by Gasteiger charge is 2.33. The van der Waals surface area contributed by atoms with E-state index in [1.54, 1.807) is 6.92 Å². The molecule has 4 nitrogen and oxygen atoms in total. The van der Waals surface area contributed by atoms with Crippen molar-refractivity contribution in [3.05, 3.63) is 34.9 Å². The quantitative estimate of drug-likeness (QED) is 0.800. The van der Waals surface area contributed by atoms with Crippen LogP contribution in [0.3, 0.4) is 0 Å². The Hall–Kier alpha value is -2.05. The Morgan fingerprint density at radius 3 is 1.95 bits per heavy atom. The summed E-state index contributed by atoms with van der Waals surface area (Å²) in [4.78, 5) is 23.3. The zero-order chi connectivity index (χ0) is 15.3. The van der Waals surface area contributed by atoms with Gasteiger partial charge >= 0.3 is 18.1 Å². The summed E-state index contributed by atoms with van der Waals surface area (Å²) in [5, 5.41) is 0. The van der Waals surface area contributed by atoms with Crippen molar-refractivity contribution in [1.29, 1.82) is 0 Å². The van der Waals surface area contributed by atoms with Gasteiger partial charge in [-0.2, -0.15) is 13.2 Å². The van der Waals surface area contributed by atoms with Crippen molar-refractivity contribution in [3.63, 3.8) is 0 Å². The van der Waals surface area contributed by atoms with E-state index < -0.39 is 29.2 Å². The predicted molar refractivity (Wildman–Crippen MR) is 63.4 cm³/mol. The third kappa shape index (κ3) is 3.72. The van der Waals surface area contributed by atoms with Gasteiger partial charge in [-0.3, -0.25) is 0 Å². The number of halogens is 3. The second kappa shape index (κ2) is 6.40. The van der Waals surface area contributed by atoms with Crippen LogP contribution in [-0.2, 0) is 15.7 Å². The molecule has 110 valence electrons. The van der Waals surface area contributed by atoms with Gasteiger partial charge in [0.15, 0.2) is 0 Å². The molecule has 1 aromatic carbocycles. The number of carbonyl (C=O) groups is 2. The molecule has 0 bridgehead atoms. The van der Waals surface area contributed by atoms with Crippen LogP contribution >= 0.6 is 0 Å².